The van der Waals surface area contributed by atoms with Gasteiger partial charge in [0.15, 0.2) is 6.10 Å². The van der Waals surface area contributed by atoms with Crippen molar-refractivity contribution in [3.63, 3.8) is 0 Å². The van der Waals surface area contributed by atoms with Crippen LogP contribution in [0.3, 0.4) is 0 Å². The first-order chi connectivity index (χ1) is 28.6. The van der Waals surface area contributed by atoms with Crippen LogP contribution in [0.1, 0.15) is 286 Å². The first-order valence-electron chi connectivity index (χ1n) is 26.1. The second kappa shape index (κ2) is 44.5. The van der Waals surface area contributed by atoms with E-state index < -0.39 is 6.10 Å². The summed E-state index contributed by atoms with van der Waals surface area (Å²) < 4.78 is 16.8. The van der Waals surface area contributed by atoms with Gasteiger partial charge in [0.05, 0.1) is 0 Å². The number of unbranched alkanes of at least 4 members (excludes halogenated alkanes) is 28. The number of carbonyl (C=O) groups excluding carboxylic acids is 3. The molecule has 6 heteroatoms. The molecule has 0 aromatic carbocycles. The monoisotopic (exact) mass is 835 g/mol. The Labute approximate surface area is 368 Å². The summed E-state index contributed by atoms with van der Waals surface area (Å²) in [6, 6.07) is 0. The van der Waals surface area contributed by atoms with Gasteiger partial charge in [0.25, 0.3) is 0 Å². The van der Waals surface area contributed by atoms with Crippen molar-refractivity contribution in [2.45, 2.75) is 292 Å². The lowest BCUT2D eigenvalue weighted by molar-refractivity contribution is -0.167. The molecule has 0 rings (SSSR count). The minimum absolute atomic E-state index is 0.0659. The van der Waals surface area contributed by atoms with E-state index in [1.807, 2.05) is 0 Å². The fourth-order valence-corrected chi connectivity index (χ4v) is 7.91. The van der Waals surface area contributed by atoms with Gasteiger partial charge in [-0.3, -0.25) is 14.4 Å². The van der Waals surface area contributed by atoms with Crippen LogP contribution in [0, 0.1) is 17.8 Å². The molecule has 0 saturated carbocycles. The second-order valence-electron chi connectivity index (χ2n) is 19.4. The van der Waals surface area contributed by atoms with Crippen molar-refractivity contribution in [2.24, 2.45) is 17.8 Å². The van der Waals surface area contributed by atoms with E-state index in [1.165, 1.54) is 167 Å². The normalized spacial score (nSPS) is 12.6. The highest BCUT2D eigenvalue weighted by atomic mass is 16.6. The van der Waals surface area contributed by atoms with Crippen LogP contribution < -0.4 is 0 Å². The third-order valence-electron chi connectivity index (χ3n) is 12.3. The highest BCUT2D eigenvalue weighted by Crippen LogP contribution is 2.18. The molecule has 0 heterocycles. The third kappa shape index (κ3) is 45.8. The SMILES string of the molecule is CCC(C)CCCCCCCCC(=O)O[C@@H](COC(=O)CCCCCCCCCCCCCCCCCCCCC(C)C)COC(=O)CCCCCCCCCC(C)C. The maximum atomic E-state index is 12.7. The number of carbonyl (C=O) groups is 3. The molecule has 0 spiro atoms. The van der Waals surface area contributed by atoms with Crippen LogP contribution >= 0.6 is 0 Å². The number of hydrogen-bond donors (Lipinski definition) is 0. The molecule has 0 N–H and O–H groups in total. The lowest BCUT2D eigenvalue weighted by Gasteiger charge is -2.18. The van der Waals surface area contributed by atoms with Crippen LogP contribution in [0.4, 0.5) is 0 Å². The van der Waals surface area contributed by atoms with Gasteiger partial charge in [-0.25, -0.2) is 0 Å². The summed E-state index contributed by atoms with van der Waals surface area (Å²) in [6.07, 6.45) is 44.0. The van der Waals surface area contributed by atoms with Crippen LogP contribution in [0.2, 0.25) is 0 Å². The number of ether oxygens (including phenoxy) is 3. The van der Waals surface area contributed by atoms with Crippen molar-refractivity contribution in [2.75, 3.05) is 13.2 Å². The van der Waals surface area contributed by atoms with Gasteiger partial charge in [-0.1, -0.05) is 247 Å². The average molecular weight is 835 g/mol. The molecule has 59 heavy (non-hydrogen) atoms. The molecule has 0 fully saturated rings. The first kappa shape index (κ1) is 57.4. The Morgan fingerprint density at radius 2 is 0.593 bits per heavy atom. The molecule has 1 unspecified atom stereocenters. The Kier molecular flexibility index (Phi) is 43.3. The molecule has 0 radical (unpaired) electrons. The topological polar surface area (TPSA) is 78.9 Å². The van der Waals surface area contributed by atoms with Crippen LogP contribution in [-0.2, 0) is 28.6 Å². The summed E-state index contributed by atoms with van der Waals surface area (Å²) in [7, 11) is 0. The minimum Gasteiger partial charge on any atom is -0.462 e. The molecule has 0 saturated heterocycles. The average Bonchev–Trinajstić information content (AvgIpc) is 3.20. The van der Waals surface area contributed by atoms with Crippen molar-refractivity contribution in [1.82, 2.24) is 0 Å². The van der Waals surface area contributed by atoms with Crippen molar-refractivity contribution in [3.8, 4) is 0 Å². The molecular formula is C53H102O6. The fraction of sp³-hybridized carbons (Fsp3) is 0.943. The van der Waals surface area contributed by atoms with Gasteiger partial charge in [-0.15, -0.1) is 0 Å². The summed E-state index contributed by atoms with van der Waals surface area (Å²) >= 11 is 0. The van der Waals surface area contributed by atoms with E-state index in [9.17, 15) is 14.4 Å². The Morgan fingerprint density at radius 3 is 0.881 bits per heavy atom. The van der Waals surface area contributed by atoms with Gasteiger partial charge < -0.3 is 14.2 Å². The summed E-state index contributed by atoms with van der Waals surface area (Å²) in [4.78, 5) is 37.8. The van der Waals surface area contributed by atoms with E-state index in [0.29, 0.717) is 19.3 Å². The smallest absolute Gasteiger partial charge is 0.306 e. The highest BCUT2D eigenvalue weighted by Gasteiger charge is 2.19. The van der Waals surface area contributed by atoms with Gasteiger partial charge in [-0.05, 0) is 37.0 Å². The molecule has 0 aliphatic heterocycles. The molecule has 0 aromatic heterocycles. The molecule has 2 atom stereocenters. The van der Waals surface area contributed by atoms with Crippen molar-refractivity contribution in [1.29, 1.82) is 0 Å². The summed E-state index contributed by atoms with van der Waals surface area (Å²) in [5, 5.41) is 0. The zero-order valence-electron chi connectivity index (χ0n) is 40.5. The number of hydrogen-bond acceptors (Lipinski definition) is 6. The zero-order chi connectivity index (χ0) is 43.4. The van der Waals surface area contributed by atoms with Crippen LogP contribution in [-0.4, -0.2) is 37.2 Å². The fourth-order valence-electron chi connectivity index (χ4n) is 7.91. The quantitative estimate of drug-likeness (QED) is 0.0345. The van der Waals surface area contributed by atoms with Crippen LogP contribution in [0.25, 0.3) is 0 Å². The van der Waals surface area contributed by atoms with Gasteiger partial charge in [0, 0.05) is 19.3 Å². The maximum absolute atomic E-state index is 12.7. The molecule has 350 valence electrons. The Balaban J connectivity index is 4.18. The molecule has 0 aliphatic rings. The van der Waals surface area contributed by atoms with E-state index in [0.717, 1.165) is 75.5 Å². The molecule has 0 amide bonds. The summed E-state index contributed by atoms with van der Waals surface area (Å²) in [6.45, 7) is 13.7. The first-order valence-corrected chi connectivity index (χ1v) is 26.1. The van der Waals surface area contributed by atoms with E-state index in [4.69, 9.17) is 14.2 Å². The number of rotatable bonds is 46. The number of esters is 3. The minimum atomic E-state index is -0.763. The highest BCUT2D eigenvalue weighted by molar-refractivity contribution is 5.71. The van der Waals surface area contributed by atoms with Crippen LogP contribution in [0.5, 0.6) is 0 Å². The largest absolute Gasteiger partial charge is 0.462 e. The Hall–Kier alpha value is -1.59. The molecule has 0 aliphatic carbocycles. The zero-order valence-corrected chi connectivity index (χ0v) is 40.5. The Bertz CT molecular complexity index is 916. The van der Waals surface area contributed by atoms with Gasteiger partial charge in [0.1, 0.15) is 13.2 Å². The van der Waals surface area contributed by atoms with Crippen molar-refractivity contribution >= 4 is 17.9 Å². The van der Waals surface area contributed by atoms with Gasteiger partial charge in [-0.2, -0.15) is 0 Å². The van der Waals surface area contributed by atoms with E-state index in [-0.39, 0.29) is 31.1 Å². The Morgan fingerprint density at radius 1 is 0.339 bits per heavy atom. The van der Waals surface area contributed by atoms with Gasteiger partial charge >= 0.3 is 17.9 Å². The lowest BCUT2D eigenvalue weighted by Crippen LogP contribution is -2.30. The molecule has 6 nitrogen and oxygen atoms in total. The second-order valence-corrected chi connectivity index (χ2v) is 19.4. The summed E-state index contributed by atoms with van der Waals surface area (Å²) in [5.74, 6) is 1.59. The standard InChI is InChI=1S/C53H102O6/c1-7-49(6)41-35-29-25-26-32-38-44-53(56)59-50(46-58-52(55)43-37-31-24-20-22-28-34-40-48(4)5)45-57-51(54)42-36-30-23-19-17-15-13-11-9-8-10-12-14-16-18-21-27-33-39-47(2)3/h47-50H,7-46H2,1-6H3/t49?,50-/m0/s1. The van der Waals surface area contributed by atoms with E-state index in [2.05, 4.69) is 41.5 Å². The summed E-state index contributed by atoms with van der Waals surface area (Å²) in [5.41, 5.74) is 0. The molecule has 0 aromatic rings. The predicted octanol–water partition coefficient (Wildman–Crippen LogP) is 16.8. The third-order valence-corrected chi connectivity index (χ3v) is 12.3. The maximum Gasteiger partial charge on any atom is 0.306 e. The van der Waals surface area contributed by atoms with E-state index in [1.54, 1.807) is 0 Å². The molecular weight excluding hydrogens is 733 g/mol. The lowest BCUT2D eigenvalue weighted by atomic mass is 10.00. The van der Waals surface area contributed by atoms with Crippen molar-refractivity contribution in [3.05, 3.63) is 0 Å². The predicted molar refractivity (Wildman–Crippen MR) is 252 cm³/mol. The van der Waals surface area contributed by atoms with Gasteiger partial charge in [0.2, 0.25) is 0 Å². The van der Waals surface area contributed by atoms with E-state index >= 15 is 0 Å². The van der Waals surface area contributed by atoms with Crippen LogP contribution in [0.15, 0.2) is 0 Å². The molecule has 0 bridgehead atoms. The van der Waals surface area contributed by atoms with Crippen molar-refractivity contribution < 1.29 is 28.6 Å².